The molecule has 2 aliphatic carbocycles. The minimum Gasteiger partial charge on any atom is -0.332 e. The summed E-state index contributed by atoms with van der Waals surface area (Å²) in [5.74, 6) is 2.04. The third-order valence-corrected chi connectivity index (χ3v) is 9.69. The molecule has 4 aliphatic rings. The van der Waals surface area contributed by atoms with Crippen molar-refractivity contribution in [2.75, 3.05) is 18.8 Å². The number of nitrogens with one attached hydrogen (secondary N) is 1. The molecule has 1 aromatic rings. The Morgan fingerprint density at radius 2 is 1.81 bits per heavy atom. The molecule has 0 radical (unpaired) electrons. The Bertz CT molecular complexity index is 1020. The highest BCUT2D eigenvalue weighted by Crippen LogP contribution is 2.56. The van der Waals surface area contributed by atoms with Gasteiger partial charge in [0.1, 0.15) is 5.82 Å². The number of piperidine rings is 1. The molecule has 3 unspecified atom stereocenters. The number of amides is 1. The van der Waals surface area contributed by atoms with E-state index in [1.807, 2.05) is 4.90 Å². The number of hydrogen-bond acceptors (Lipinski definition) is 5. The number of likely N-dealkylation sites (tertiary alicyclic amines) is 1. The number of nitrogens with zero attached hydrogens (tertiary/aromatic N) is 3. The van der Waals surface area contributed by atoms with Crippen molar-refractivity contribution >= 4 is 15.9 Å². The van der Waals surface area contributed by atoms with E-state index in [2.05, 4.69) is 4.98 Å². The van der Waals surface area contributed by atoms with Crippen LogP contribution in [0.1, 0.15) is 75.0 Å². The first-order valence-electron chi connectivity index (χ1n) is 11.8. The lowest BCUT2D eigenvalue weighted by molar-refractivity contribution is -0.137. The average molecular weight is 449 g/mol. The van der Waals surface area contributed by atoms with Gasteiger partial charge < -0.3 is 9.88 Å². The van der Waals surface area contributed by atoms with Crippen molar-refractivity contribution in [1.82, 2.24) is 19.2 Å². The highest BCUT2D eigenvalue weighted by atomic mass is 32.2. The monoisotopic (exact) mass is 448 g/mol. The van der Waals surface area contributed by atoms with E-state index in [0.29, 0.717) is 48.4 Å². The number of H-pyrrole nitrogens is 1. The SMILES string of the molecule is CCS(=O)(=O)N1CCc2c(nc(C3CCCCN3C(=O)C3C4CCCCC43)[nH]c2=O)C1. The van der Waals surface area contributed by atoms with Gasteiger partial charge in [-0.05, 0) is 57.3 Å². The van der Waals surface area contributed by atoms with Gasteiger partial charge in [0.15, 0.2) is 0 Å². The van der Waals surface area contributed by atoms with Gasteiger partial charge in [0, 0.05) is 24.6 Å². The maximum absolute atomic E-state index is 13.4. The van der Waals surface area contributed by atoms with Gasteiger partial charge in [-0.25, -0.2) is 13.4 Å². The topological polar surface area (TPSA) is 103 Å². The molecule has 3 atom stereocenters. The summed E-state index contributed by atoms with van der Waals surface area (Å²) in [4.78, 5) is 35.9. The van der Waals surface area contributed by atoms with Crippen LogP contribution in [0.2, 0.25) is 0 Å². The lowest BCUT2D eigenvalue weighted by Gasteiger charge is -2.36. The fourth-order valence-corrected chi connectivity index (χ4v) is 7.10. The van der Waals surface area contributed by atoms with Crippen LogP contribution in [0.3, 0.4) is 0 Å². The minimum atomic E-state index is -3.34. The van der Waals surface area contributed by atoms with Gasteiger partial charge in [-0.2, -0.15) is 4.31 Å². The lowest BCUT2D eigenvalue weighted by atomic mass is 9.99. The highest BCUT2D eigenvalue weighted by Gasteiger charge is 2.56. The van der Waals surface area contributed by atoms with Gasteiger partial charge in [-0.1, -0.05) is 12.8 Å². The molecule has 8 nitrogen and oxygen atoms in total. The molecule has 31 heavy (non-hydrogen) atoms. The largest absolute Gasteiger partial charge is 0.332 e. The van der Waals surface area contributed by atoms with Gasteiger partial charge >= 0.3 is 0 Å². The Labute approximate surface area is 183 Å². The predicted octanol–water partition coefficient (Wildman–Crippen LogP) is 1.97. The van der Waals surface area contributed by atoms with E-state index in [-0.39, 0.29) is 35.7 Å². The van der Waals surface area contributed by atoms with E-state index in [1.54, 1.807) is 6.92 Å². The lowest BCUT2D eigenvalue weighted by Crippen LogP contribution is -2.43. The molecule has 2 saturated carbocycles. The molecule has 1 aromatic heterocycles. The second-order valence-corrected chi connectivity index (χ2v) is 11.8. The summed E-state index contributed by atoms with van der Waals surface area (Å²) >= 11 is 0. The van der Waals surface area contributed by atoms with Crippen LogP contribution in [0.4, 0.5) is 0 Å². The molecular weight excluding hydrogens is 416 g/mol. The Kier molecular flexibility index (Phi) is 5.45. The van der Waals surface area contributed by atoms with E-state index in [4.69, 9.17) is 4.98 Å². The fourth-order valence-electron chi connectivity index (χ4n) is 6.04. The van der Waals surface area contributed by atoms with Crippen molar-refractivity contribution in [2.45, 2.75) is 70.9 Å². The third-order valence-electron chi connectivity index (χ3n) is 7.86. The van der Waals surface area contributed by atoms with E-state index >= 15 is 0 Å². The van der Waals surface area contributed by atoms with Gasteiger partial charge in [0.25, 0.3) is 5.56 Å². The average Bonchev–Trinajstić information content (AvgIpc) is 3.52. The third kappa shape index (κ3) is 3.73. The number of aromatic nitrogens is 2. The maximum atomic E-state index is 13.4. The molecule has 1 N–H and O–H groups in total. The minimum absolute atomic E-state index is 0.0347. The summed E-state index contributed by atoms with van der Waals surface area (Å²) < 4.78 is 26.1. The number of fused-ring (bicyclic) bond motifs is 2. The second kappa shape index (κ2) is 7.99. The zero-order valence-corrected chi connectivity index (χ0v) is 19.0. The van der Waals surface area contributed by atoms with Crippen LogP contribution < -0.4 is 5.56 Å². The molecule has 3 fully saturated rings. The van der Waals surface area contributed by atoms with Gasteiger partial charge in [-0.3, -0.25) is 9.59 Å². The standard InChI is InChI=1S/C22H32N4O4S/c1-2-31(29,30)25-12-10-16-17(13-25)23-20(24-21(16)27)18-9-5-6-11-26(18)22(28)19-14-7-3-4-8-15(14)19/h14-15,18-19H,2-13H2,1H3,(H,23,24,27). The van der Waals surface area contributed by atoms with Crippen LogP contribution in [-0.2, 0) is 27.8 Å². The van der Waals surface area contributed by atoms with E-state index in [1.165, 1.54) is 17.1 Å². The summed E-state index contributed by atoms with van der Waals surface area (Å²) in [6, 6.07) is -0.222. The first-order valence-corrected chi connectivity index (χ1v) is 13.4. The molecule has 2 aliphatic heterocycles. The Morgan fingerprint density at radius 1 is 1.10 bits per heavy atom. The number of hydrogen-bond donors (Lipinski definition) is 1. The summed E-state index contributed by atoms with van der Waals surface area (Å²) in [5, 5.41) is 0. The molecule has 9 heteroatoms. The first kappa shape index (κ1) is 21.1. The molecule has 170 valence electrons. The van der Waals surface area contributed by atoms with Crippen LogP contribution >= 0.6 is 0 Å². The first-order chi connectivity index (χ1) is 14.9. The number of rotatable bonds is 4. The van der Waals surface area contributed by atoms with Crippen molar-refractivity contribution in [3.8, 4) is 0 Å². The predicted molar refractivity (Wildman–Crippen MR) is 116 cm³/mol. The summed E-state index contributed by atoms with van der Waals surface area (Å²) in [6.07, 6.45) is 7.90. The van der Waals surface area contributed by atoms with E-state index < -0.39 is 10.0 Å². The maximum Gasteiger partial charge on any atom is 0.254 e. The van der Waals surface area contributed by atoms with E-state index in [9.17, 15) is 18.0 Å². The number of carbonyl (C=O) groups excluding carboxylic acids is 1. The van der Waals surface area contributed by atoms with Gasteiger partial charge in [0.2, 0.25) is 15.9 Å². The van der Waals surface area contributed by atoms with Crippen molar-refractivity contribution in [1.29, 1.82) is 0 Å². The second-order valence-electron chi connectivity index (χ2n) is 9.54. The zero-order chi connectivity index (χ0) is 21.8. The normalized spacial score (nSPS) is 31.1. The molecule has 0 bridgehead atoms. The van der Waals surface area contributed by atoms with Gasteiger partial charge in [0.05, 0.1) is 24.0 Å². The van der Waals surface area contributed by atoms with Crippen molar-refractivity contribution < 1.29 is 13.2 Å². The zero-order valence-electron chi connectivity index (χ0n) is 18.2. The Hall–Kier alpha value is -1.74. The molecule has 1 amide bonds. The van der Waals surface area contributed by atoms with Crippen LogP contribution in [-0.4, -0.2) is 52.3 Å². The molecular formula is C22H32N4O4S. The van der Waals surface area contributed by atoms with Crippen LogP contribution in [0, 0.1) is 17.8 Å². The Morgan fingerprint density at radius 3 is 2.52 bits per heavy atom. The number of sulfonamides is 1. The van der Waals surface area contributed by atoms with Crippen LogP contribution in [0.5, 0.6) is 0 Å². The number of carbonyl (C=O) groups is 1. The van der Waals surface area contributed by atoms with Crippen molar-refractivity contribution in [2.24, 2.45) is 17.8 Å². The molecule has 0 spiro atoms. The molecule has 5 rings (SSSR count). The van der Waals surface area contributed by atoms with Crippen LogP contribution in [0.15, 0.2) is 4.79 Å². The fraction of sp³-hybridized carbons (Fsp3) is 0.773. The molecule has 3 heterocycles. The highest BCUT2D eigenvalue weighted by molar-refractivity contribution is 7.89. The quantitative estimate of drug-likeness (QED) is 0.758. The molecule has 0 aromatic carbocycles. The summed E-state index contributed by atoms with van der Waals surface area (Å²) in [6.45, 7) is 2.78. The van der Waals surface area contributed by atoms with E-state index in [0.717, 1.165) is 32.1 Å². The Balaban J connectivity index is 1.42. The number of aromatic amines is 1. The van der Waals surface area contributed by atoms with Crippen molar-refractivity contribution in [3.63, 3.8) is 0 Å². The van der Waals surface area contributed by atoms with Gasteiger partial charge in [-0.15, -0.1) is 0 Å². The molecule has 1 saturated heterocycles. The summed E-state index contributed by atoms with van der Waals surface area (Å²) in [7, 11) is -3.34. The smallest absolute Gasteiger partial charge is 0.254 e. The van der Waals surface area contributed by atoms with Crippen molar-refractivity contribution in [3.05, 3.63) is 27.4 Å². The summed E-state index contributed by atoms with van der Waals surface area (Å²) in [5.41, 5.74) is 0.930. The van der Waals surface area contributed by atoms with Crippen LogP contribution in [0.25, 0.3) is 0 Å².